The molecule has 1 aliphatic rings. The lowest BCUT2D eigenvalue weighted by molar-refractivity contribution is -0.143. The Balaban J connectivity index is 1.76. The highest BCUT2D eigenvalue weighted by Crippen LogP contribution is 2.48. The smallest absolute Gasteiger partial charge is 0.355 e. The van der Waals surface area contributed by atoms with Crippen molar-refractivity contribution in [3.63, 3.8) is 0 Å². The average Bonchev–Trinajstić information content (AvgIpc) is 3.24. The number of hydrogen-bond acceptors (Lipinski definition) is 2. The van der Waals surface area contributed by atoms with E-state index >= 15 is 0 Å². The molecule has 0 atom stereocenters. The summed E-state index contributed by atoms with van der Waals surface area (Å²) in [5.74, 6) is -0.0571. The van der Waals surface area contributed by atoms with Gasteiger partial charge in [-0.2, -0.15) is 13.2 Å². The number of hydrogen-bond donors (Lipinski definition) is 1. The zero-order valence-corrected chi connectivity index (χ0v) is 13.7. The molecule has 0 bridgehead atoms. The molecule has 1 aliphatic carbocycles. The summed E-state index contributed by atoms with van der Waals surface area (Å²) < 4.78 is 36.6. The average molecular weight is 349 g/mol. The third-order valence-electron chi connectivity index (χ3n) is 4.03. The van der Waals surface area contributed by atoms with Crippen molar-refractivity contribution >= 4 is 17.5 Å². The number of nitrogens with one attached hydrogen (secondary N) is 1. The van der Waals surface area contributed by atoms with Crippen molar-refractivity contribution in [1.29, 1.82) is 0 Å². The Hall–Kier alpha value is -1.27. The number of rotatable bonds is 7. The van der Waals surface area contributed by atoms with Crippen molar-refractivity contribution in [1.82, 2.24) is 10.2 Å². The molecule has 0 aromatic heterocycles. The van der Waals surface area contributed by atoms with Crippen LogP contribution in [0.4, 0.5) is 13.2 Å². The van der Waals surface area contributed by atoms with E-state index in [4.69, 9.17) is 11.6 Å². The minimum Gasteiger partial charge on any atom is -0.355 e. The number of amides is 1. The fourth-order valence-corrected chi connectivity index (χ4v) is 2.77. The van der Waals surface area contributed by atoms with E-state index in [1.807, 2.05) is 12.1 Å². The van der Waals surface area contributed by atoms with Gasteiger partial charge in [-0.25, -0.2) is 0 Å². The monoisotopic (exact) mass is 348 g/mol. The minimum atomic E-state index is -4.19. The van der Waals surface area contributed by atoms with Crippen molar-refractivity contribution in [2.24, 2.45) is 0 Å². The minimum absolute atomic E-state index is 0.0571. The third-order valence-corrected chi connectivity index (χ3v) is 4.28. The standard InChI is InChI=1S/C16H20ClF3N2O/c1-22(11-16(18,19)20)10-2-9-21-14(23)15(7-8-15)12-3-5-13(17)6-4-12/h3-6H,2,7-11H2,1H3,(H,21,23). The number of alkyl halides is 3. The highest BCUT2D eigenvalue weighted by molar-refractivity contribution is 6.30. The zero-order valence-electron chi connectivity index (χ0n) is 12.9. The summed E-state index contributed by atoms with van der Waals surface area (Å²) in [5, 5.41) is 3.46. The molecule has 0 radical (unpaired) electrons. The van der Waals surface area contributed by atoms with Crippen LogP contribution in [0.5, 0.6) is 0 Å². The van der Waals surface area contributed by atoms with Crippen molar-refractivity contribution in [2.45, 2.75) is 30.9 Å². The lowest BCUT2D eigenvalue weighted by Crippen LogP contribution is -2.37. The topological polar surface area (TPSA) is 32.3 Å². The number of halogens is 4. The van der Waals surface area contributed by atoms with Gasteiger partial charge in [0.15, 0.2) is 0 Å². The van der Waals surface area contributed by atoms with E-state index in [9.17, 15) is 18.0 Å². The molecule has 0 spiro atoms. The second kappa shape index (κ2) is 7.09. The molecular formula is C16H20ClF3N2O. The summed E-state index contributed by atoms with van der Waals surface area (Å²) in [6, 6.07) is 7.23. The lowest BCUT2D eigenvalue weighted by atomic mass is 9.95. The van der Waals surface area contributed by atoms with Gasteiger partial charge in [0.1, 0.15) is 0 Å². The van der Waals surface area contributed by atoms with Crippen LogP contribution in [0.2, 0.25) is 5.02 Å². The van der Waals surface area contributed by atoms with Crippen molar-refractivity contribution in [2.75, 3.05) is 26.7 Å². The fraction of sp³-hybridized carbons (Fsp3) is 0.562. The molecule has 0 unspecified atom stereocenters. The van der Waals surface area contributed by atoms with Gasteiger partial charge in [-0.1, -0.05) is 23.7 Å². The summed E-state index contributed by atoms with van der Waals surface area (Å²) in [5.41, 5.74) is 0.455. The fourth-order valence-electron chi connectivity index (χ4n) is 2.65. The van der Waals surface area contributed by atoms with E-state index in [0.29, 0.717) is 18.0 Å². The summed E-state index contributed by atoms with van der Waals surface area (Å²) in [7, 11) is 1.42. The summed E-state index contributed by atoms with van der Waals surface area (Å²) >= 11 is 5.85. The van der Waals surface area contributed by atoms with E-state index < -0.39 is 18.1 Å². The molecule has 128 valence electrons. The number of nitrogens with zero attached hydrogens (tertiary/aromatic N) is 1. The largest absolute Gasteiger partial charge is 0.401 e. The Morgan fingerprint density at radius 1 is 1.30 bits per heavy atom. The van der Waals surface area contributed by atoms with Crippen molar-refractivity contribution < 1.29 is 18.0 Å². The van der Waals surface area contributed by atoms with Gasteiger partial charge < -0.3 is 5.32 Å². The molecule has 7 heteroatoms. The number of benzene rings is 1. The van der Waals surface area contributed by atoms with Crippen LogP contribution in [0.25, 0.3) is 0 Å². The second-order valence-electron chi connectivity index (χ2n) is 6.05. The molecule has 2 rings (SSSR count). The first-order valence-corrected chi connectivity index (χ1v) is 7.90. The van der Waals surface area contributed by atoms with E-state index in [-0.39, 0.29) is 12.5 Å². The van der Waals surface area contributed by atoms with Gasteiger partial charge in [-0.05, 0) is 50.6 Å². The Kier molecular flexibility index (Phi) is 5.57. The number of carbonyl (C=O) groups is 1. The predicted octanol–water partition coefficient (Wildman–Crippen LogP) is 3.37. The van der Waals surface area contributed by atoms with Crippen LogP contribution < -0.4 is 5.32 Å². The van der Waals surface area contributed by atoms with Crippen LogP contribution in [0.1, 0.15) is 24.8 Å². The highest BCUT2D eigenvalue weighted by Gasteiger charge is 2.50. The lowest BCUT2D eigenvalue weighted by Gasteiger charge is -2.19. The molecule has 0 heterocycles. The van der Waals surface area contributed by atoms with Crippen LogP contribution in [-0.4, -0.2) is 43.7 Å². The normalized spacial score (nSPS) is 16.4. The van der Waals surface area contributed by atoms with Crippen molar-refractivity contribution in [3.8, 4) is 0 Å². The predicted molar refractivity (Wildman–Crippen MR) is 83.5 cm³/mol. The zero-order chi connectivity index (χ0) is 17.1. The summed E-state index contributed by atoms with van der Waals surface area (Å²) in [6.45, 7) is -0.278. The number of carbonyl (C=O) groups excluding carboxylic acids is 1. The van der Waals surface area contributed by atoms with Crippen LogP contribution in [0.15, 0.2) is 24.3 Å². The molecule has 1 fully saturated rings. The quantitative estimate of drug-likeness (QED) is 0.766. The molecule has 1 aromatic rings. The molecule has 1 amide bonds. The third kappa shape index (κ3) is 5.11. The molecule has 0 saturated heterocycles. The van der Waals surface area contributed by atoms with Gasteiger partial charge in [0, 0.05) is 11.6 Å². The molecule has 1 saturated carbocycles. The van der Waals surface area contributed by atoms with Gasteiger partial charge in [0.25, 0.3) is 0 Å². The van der Waals surface area contributed by atoms with Crippen LogP contribution in [-0.2, 0) is 10.2 Å². The second-order valence-corrected chi connectivity index (χ2v) is 6.49. The Labute approximate surface area is 138 Å². The SMILES string of the molecule is CN(CCCNC(=O)C1(c2ccc(Cl)cc2)CC1)CC(F)(F)F. The molecule has 0 aliphatic heterocycles. The van der Waals surface area contributed by atoms with E-state index in [0.717, 1.165) is 18.4 Å². The van der Waals surface area contributed by atoms with Gasteiger partial charge in [-0.3, -0.25) is 9.69 Å². The first kappa shape index (κ1) is 18.1. The van der Waals surface area contributed by atoms with E-state index in [1.54, 1.807) is 12.1 Å². The van der Waals surface area contributed by atoms with E-state index in [2.05, 4.69) is 5.32 Å². The highest BCUT2D eigenvalue weighted by atomic mass is 35.5. The van der Waals surface area contributed by atoms with Gasteiger partial charge >= 0.3 is 6.18 Å². The Bertz CT molecular complexity index is 541. The Morgan fingerprint density at radius 2 is 1.91 bits per heavy atom. The first-order chi connectivity index (χ1) is 10.7. The van der Waals surface area contributed by atoms with Crippen LogP contribution >= 0.6 is 11.6 Å². The summed E-state index contributed by atoms with van der Waals surface area (Å²) in [6.07, 6.45) is -2.14. The molecule has 1 aromatic carbocycles. The van der Waals surface area contributed by atoms with E-state index in [1.165, 1.54) is 11.9 Å². The van der Waals surface area contributed by atoms with Gasteiger partial charge in [0.05, 0.1) is 12.0 Å². The van der Waals surface area contributed by atoms with Gasteiger partial charge in [0.2, 0.25) is 5.91 Å². The molecule has 3 nitrogen and oxygen atoms in total. The molecule has 23 heavy (non-hydrogen) atoms. The van der Waals surface area contributed by atoms with Gasteiger partial charge in [-0.15, -0.1) is 0 Å². The maximum atomic E-state index is 12.3. The summed E-state index contributed by atoms with van der Waals surface area (Å²) in [4.78, 5) is 13.6. The van der Waals surface area contributed by atoms with Crippen LogP contribution in [0, 0.1) is 0 Å². The first-order valence-electron chi connectivity index (χ1n) is 7.53. The molecular weight excluding hydrogens is 329 g/mol. The molecule has 1 N–H and O–H groups in total. The van der Waals surface area contributed by atoms with Crippen LogP contribution in [0.3, 0.4) is 0 Å². The van der Waals surface area contributed by atoms with Crippen molar-refractivity contribution in [3.05, 3.63) is 34.9 Å². The maximum absolute atomic E-state index is 12.3. The Morgan fingerprint density at radius 3 is 2.43 bits per heavy atom. The maximum Gasteiger partial charge on any atom is 0.401 e.